The van der Waals surface area contributed by atoms with Crippen molar-refractivity contribution in [3.63, 3.8) is 0 Å². The number of nitrogens with zero attached hydrogens (tertiary/aromatic N) is 4. The van der Waals surface area contributed by atoms with Gasteiger partial charge >= 0.3 is 11.9 Å². The number of carbonyl (C=O) groups is 4. The molecule has 1 fully saturated rings. The van der Waals surface area contributed by atoms with Gasteiger partial charge in [-0.15, -0.1) is 23.1 Å². The number of nitrogens with one attached hydrogen (secondary N) is 2. The zero-order chi connectivity index (χ0) is 43.2. The van der Waals surface area contributed by atoms with E-state index in [1.54, 1.807) is 26.2 Å². The summed E-state index contributed by atoms with van der Waals surface area (Å²) in [5.74, 6) is -3.00. The fourth-order valence-electron chi connectivity index (χ4n) is 6.78. The Balaban J connectivity index is 1.35. The molecule has 312 valence electrons. The van der Waals surface area contributed by atoms with Crippen molar-refractivity contribution >= 4 is 57.7 Å². The lowest BCUT2D eigenvalue weighted by Gasteiger charge is -2.49. The van der Waals surface area contributed by atoms with Gasteiger partial charge in [-0.3, -0.25) is 14.5 Å². The highest BCUT2D eigenvalue weighted by atomic mass is 32.2. The monoisotopic (exact) mass is 849 g/mol. The topological polar surface area (TPSA) is 163 Å². The van der Waals surface area contributed by atoms with E-state index in [2.05, 4.69) is 15.8 Å². The molecule has 2 atom stereocenters. The predicted molar refractivity (Wildman–Crippen MR) is 232 cm³/mol. The van der Waals surface area contributed by atoms with Crippen LogP contribution in [0.25, 0.3) is 0 Å². The summed E-state index contributed by atoms with van der Waals surface area (Å²) in [6.07, 6.45) is 9.59. The minimum absolute atomic E-state index is 0.101. The summed E-state index contributed by atoms with van der Waals surface area (Å²) in [4.78, 5) is 65.7. The lowest BCUT2D eigenvalue weighted by atomic mass is 9.77. The number of allylic oxidation sites excluding steroid dienone is 3. The average molecular weight is 850 g/mol. The molecular formula is C45H49N6O7S2+. The van der Waals surface area contributed by atoms with Gasteiger partial charge in [-0.1, -0.05) is 90.1 Å². The Kier molecular flexibility index (Phi) is 13.1. The third-order valence-corrected chi connectivity index (χ3v) is 11.8. The summed E-state index contributed by atoms with van der Waals surface area (Å²) in [6.45, 7) is 12.4. The number of ether oxygens (including phenoxy) is 1. The van der Waals surface area contributed by atoms with Crippen molar-refractivity contribution < 1.29 is 38.4 Å². The minimum Gasteiger partial charge on any atom is -0.477 e. The second-order valence-electron chi connectivity index (χ2n) is 15.7. The third kappa shape index (κ3) is 9.37. The number of carboxylic acid groups (broad SMARTS) is 1. The molecule has 13 nitrogen and oxygen atoms in total. The van der Waals surface area contributed by atoms with Gasteiger partial charge in [0.2, 0.25) is 5.60 Å². The van der Waals surface area contributed by atoms with Crippen molar-refractivity contribution in [3.8, 4) is 0 Å². The van der Waals surface area contributed by atoms with Crippen molar-refractivity contribution in [2.75, 3.05) is 11.1 Å². The molecule has 2 aromatic carbocycles. The van der Waals surface area contributed by atoms with Crippen LogP contribution in [0.5, 0.6) is 0 Å². The Labute approximate surface area is 357 Å². The zero-order valence-electron chi connectivity index (χ0n) is 34.5. The molecule has 2 aliphatic heterocycles. The van der Waals surface area contributed by atoms with Crippen LogP contribution in [0.4, 0.5) is 5.13 Å². The first-order chi connectivity index (χ1) is 28.6. The molecule has 1 saturated heterocycles. The molecule has 2 amide bonds. The van der Waals surface area contributed by atoms with Gasteiger partial charge in [-0.25, -0.2) is 19.1 Å². The number of amides is 2. The number of thioether (sulfide) groups is 1. The number of fused-ring (bicyclic) bond motifs is 1. The summed E-state index contributed by atoms with van der Waals surface area (Å²) in [7, 11) is 0. The highest BCUT2D eigenvalue weighted by Gasteiger charge is 2.55. The van der Waals surface area contributed by atoms with Crippen LogP contribution in [0.2, 0.25) is 0 Å². The van der Waals surface area contributed by atoms with Gasteiger partial charge < -0.3 is 25.3 Å². The number of hydrogen-bond acceptors (Lipinski definition) is 11. The number of anilines is 1. The highest BCUT2D eigenvalue weighted by Crippen LogP contribution is 2.42. The normalized spacial score (nSPS) is 17.5. The molecule has 0 radical (unpaired) electrons. The van der Waals surface area contributed by atoms with Crippen molar-refractivity contribution in [2.24, 2.45) is 5.16 Å². The molecule has 6 rings (SSSR count). The molecule has 15 heteroatoms. The third-order valence-electron chi connectivity index (χ3n) is 9.74. The first-order valence-corrected chi connectivity index (χ1v) is 21.3. The lowest BCUT2D eigenvalue weighted by molar-refractivity contribution is -0.689. The van der Waals surface area contributed by atoms with Gasteiger partial charge in [0.05, 0.1) is 0 Å². The van der Waals surface area contributed by atoms with E-state index in [9.17, 15) is 24.3 Å². The lowest BCUT2D eigenvalue weighted by Crippen LogP contribution is -2.71. The number of hydrogen-bond donors (Lipinski definition) is 3. The SMILES string of the molecule is C/C=C/C=C(\C)C(Nc1nc(/C(=N/OC(C)(C)C(=O)OC(C)(C)C)C(=O)NC2C(=O)N3C(C(=O)O)=C(C[n+]4ccccc4)CSC23)cs1)(c1ccccc1)c1ccccc1. The van der Waals surface area contributed by atoms with E-state index >= 15 is 0 Å². The maximum atomic E-state index is 14.3. The summed E-state index contributed by atoms with van der Waals surface area (Å²) < 4.78 is 7.40. The molecule has 60 heavy (non-hydrogen) atoms. The number of thiazole rings is 1. The van der Waals surface area contributed by atoms with E-state index in [-0.39, 0.29) is 23.6 Å². The number of rotatable bonds is 15. The second kappa shape index (κ2) is 18.1. The van der Waals surface area contributed by atoms with Crippen LogP contribution in [0.3, 0.4) is 0 Å². The maximum Gasteiger partial charge on any atom is 0.353 e. The predicted octanol–water partition coefficient (Wildman–Crippen LogP) is 6.59. The van der Waals surface area contributed by atoms with Crippen molar-refractivity contribution in [1.82, 2.24) is 15.2 Å². The van der Waals surface area contributed by atoms with Crippen LogP contribution in [0.15, 0.2) is 137 Å². The van der Waals surface area contributed by atoms with Crippen LogP contribution in [0.1, 0.15) is 65.3 Å². The molecule has 4 aromatic rings. The van der Waals surface area contributed by atoms with E-state index in [0.717, 1.165) is 16.7 Å². The number of β-lactam (4-membered cyclic amide) rings is 1. The van der Waals surface area contributed by atoms with Gasteiger partial charge in [0, 0.05) is 28.8 Å². The van der Waals surface area contributed by atoms with Gasteiger partial charge in [-0.05, 0) is 65.2 Å². The van der Waals surface area contributed by atoms with Crippen LogP contribution >= 0.6 is 23.1 Å². The second-order valence-corrected chi connectivity index (χ2v) is 17.7. The van der Waals surface area contributed by atoms with Crippen molar-refractivity contribution in [3.05, 3.63) is 149 Å². The van der Waals surface area contributed by atoms with Gasteiger partial charge in [0.1, 0.15) is 33.9 Å². The first kappa shape index (κ1) is 43.5. The smallest absolute Gasteiger partial charge is 0.353 e. The standard InChI is InChI=1S/C45H48N6O7S2/c1-8-9-19-29(2)45(31-20-13-10-14-21-31,32-22-15-11-16-23-32)48-42-46-33(28-60-42)34(49-58-44(6,7)41(56)57-43(3,4)5)37(52)47-35-38(53)51-36(40(54)55)30(27-59-39(35)51)26-50-24-17-12-18-25-50/h8-25,28,35,39H,26-27H2,1-7H3,(H2-,46,47,48,52,54,55)/p+1/b9-8+,29-19+,49-34-. The van der Waals surface area contributed by atoms with E-state index in [1.807, 2.05) is 128 Å². The molecule has 2 aromatic heterocycles. The van der Waals surface area contributed by atoms with E-state index in [1.165, 1.54) is 41.8 Å². The van der Waals surface area contributed by atoms with Crippen LogP contribution in [-0.2, 0) is 40.8 Å². The Morgan fingerprint density at radius 2 is 1.60 bits per heavy atom. The molecule has 0 spiro atoms. The Morgan fingerprint density at radius 1 is 0.983 bits per heavy atom. The van der Waals surface area contributed by atoms with Gasteiger partial charge in [-0.2, -0.15) is 0 Å². The molecule has 3 N–H and O–H groups in total. The molecule has 4 heterocycles. The van der Waals surface area contributed by atoms with E-state index in [4.69, 9.17) is 14.6 Å². The molecule has 0 aliphatic carbocycles. The summed E-state index contributed by atoms with van der Waals surface area (Å²) in [5.41, 5.74) is -0.231. The fraction of sp³-hybridized carbons (Fsp3) is 0.311. The molecule has 0 bridgehead atoms. The van der Waals surface area contributed by atoms with Gasteiger partial charge in [0.15, 0.2) is 29.8 Å². The molecule has 2 aliphatic rings. The fourth-order valence-corrected chi connectivity index (χ4v) is 8.87. The van der Waals surface area contributed by atoms with Crippen LogP contribution in [-0.4, -0.2) is 72.8 Å². The van der Waals surface area contributed by atoms with Gasteiger partial charge in [0.25, 0.3) is 11.8 Å². The number of oxime groups is 1. The summed E-state index contributed by atoms with van der Waals surface area (Å²) in [5, 5.41) is 22.3. The van der Waals surface area contributed by atoms with Crippen molar-refractivity contribution in [1.29, 1.82) is 0 Å². The largest absolute Gasteiger partial charge is 0.477 e. The number of carbonyl (C=O) groups excluding carboxylic acids is 3. The number of esters is 1. The first-order valence-electron chi connectivity index (χ1n) is 19.4. The highest BCUT2D eigenvalue weighted by molar-refractivity contribution is 8.00. The zero-order valence-corrected chi connectivity index (χ0v) is 36.2. The number of carboxylic acids is 1. The number of pyridine rings is 1. The Morgan fingerprint density at radius 3 is 2.18 bits per heavy atom. The van der Waals surface area contributed by atoms with E-state index < -0.39 is 51.9 Å². The minimum atomic E-state index is -1.63. The Bertz CT molecular complexity index is 2310. The quantitative estimate of drug-likeness (QED) is 0.0297. The average Bonchev–Trinajstić information content (AvgIpc) is 3.68. The number of benzene rings is 2. The number of aromatic nitrogens is 2. The maximum absolute atomic E-state index is 14.3. The molecule has 0 saturated carbocycles. The summed E-state index contributed by atoms with van der Waals surface area (Å²) in [6, 6.07) is 24.4. The van der Waals surface area contributed by atoms with Crippen LogP contribution < -0.4 is 15.2 Å². The van der Waals surface area contributed by atoms with Crippen molar-refractivity contribution in [2.45, 2.75) is 83.2 Å². The summed E-state index contributed by atoms with van der Waals surface area (Å²) >= 11 is 2.59. The Hall–Kier alpha value is -6.06. The van der Waals surface area contributed by atoms with Crippen LogP contribution in [0, 0.1) is 0 Å². The molecular weight excluding hydrogens is 801 g/mol. The number of aliphatic carboxylic acids is 1. The van der Waals surface area contributed by atoms with E-state index in [0.29, 0.717) is 16.5 Å². The molecule has 2 unspecified atom stereocenters.